The lowest BCUT2D eigenvalue weighted by molar-refractivity contribution is 0.00314. The summed E-state index contributed by atoms with van der Waals surface area (Å²) in [5, 5.41) is 29.8. The molecular formula is C11H14FNO4. The molecule has 0 saturated carbocycles. The molecule has 0 saturated heterocycles. The Balaban J connectivity index is 2.78. The van der Waals surface area contributed by atoms with Gasteiger partial charge in [-0.15, -0.1) is 0 Å². The average Bonchev–Trinajstić information content (AvgIpc) is 2.26. The minimum Gasteiger partial charge on any atom is -0.507 e. The van der Waals surface area contributed by atoms with Crippen molar-refractivity contribution in [2.75, 3.05) is 13.2 Å². The van der Waals surface area contributed by atoms with Crippen LogP contribution in [0.1, 0.15) is 17.3 Å². The van der Waals surface area contributed by atoms with E-state index in [2.05, 4.69) is 5.32 Å². The van der Waals surface area contributed by atoms with Gasteiger partial charge in [0.1, 0.15) is 22.7 Å². The number of hydrogen-bond donors (Lipinski definition) is 4. The van der Waals surface area contributed by atoms with Gasteiger partial charge < -0.3 is 20.6 Å². The highest BCUT2D eigenvalue weighted by atomic mass is 19.1. The molecule has 17 heavy (non-hydrogen) atoms. The summed E-state index contributed by atoms with van der Waals surface area (Å²) in [5.74, 6) is -2.19. The van der Waals surface area contributed by atoms with Crippen LogP contribution in [0.2, 0.25) is 0 Å². The predicted molar refractivity (Wildman–Crippen MR) is 58.1 cm³/mol. The van der Waals surface area contributed by atoms with E-state index in [4.69, 9.17) is 5.11 Å². The first-order valence-electron chi connectivity index (χ1n) is 4.96. The maximum absolute atomic E-state index is 13.3. The number of carbonyl (C=O) groups excluding carboxylic acids is 1. The van der Waals surface area contributed by atoms with Crippen molar-refractivity contribution in [2.45, 2.75) is 12.5 Å². The van der Waals surface area contributed by atoms with Gasteiger partial charge in [0.2, 0.25) is 0 Å². The number of aromatic hydroxyl groups is 1. The number of halogens is 1. The number of rotatable bonds is 4. The van der Waals surface area contributed by atoms with Crippen LogP contribution in [0.3, 0.4) is 0 Å². The zero-order chi connectivity index (χ0) is 13.1. The lowest BCUT2D eigenvalue weighted by Gasteiger charge is -2.20. The summed E-state index contributed by atoms with van der Waals surface area (Å²) < 4.78 is 13.3. The number of benzene rings is 1. The Morgan fingerprint density at radius 2 is 2.18 bits per heavy atom. The van der Waals surface area contributed by atoms with Crippen LogP contribution < -0.4 is 5.32 Å². The summed E-state index contributed by atoms with van der Waals surface area (Å²) in [6.07, 6.45) is 0. The van der Waals surface area contributed by atoms with Gasteiger partial charge in [0, 0.05) is 6.54 Å². The number of carbonyl (C=O) groups is 1. The Morgan fingerprint density at radius 3 is 2.71 bits per heavy atom. The number of aliphatic hydroxyl groups excluding tert-OH is 1. The zero-order valence-electron chi connectivity index (χ0n) is 9.27. The minimum atomic E-state index is -1.49. The number of aliphatic hydroxyl groups is 2. The molecule has 94 valence electrons. The third-order valence-corrected chi connectivity index (χ3v) is 2.19. The monoisotopic (exact) mass is 243 g/mol. The molecule has 0 fully saturated rings. The largest absolute Gasteiger partial charge is 0.507 e. The molecule has 6 heteroatoms. The van der Waals surface area contributed by atoms with Crippen LogP contribution >= 0.6 is 0 Å². The second kappa shape index (κ2) is 5.11. The van der Waals surface area contributed by atoms with E-state index in [1.165, 1.54) is 19.1 Å². The number of phenols is 1. The zero-order valence-corrected chi connectivity index (χ0v) is 9.27. The van der Waals surface area contributed by atoms with Crippen molar-refractivity contribution in [3.05, 3.63) is 29.6 Å². The van der Waals surface area contributed by atoms with Gasteiger partial charge in [-0.05, 0) is 19.1 Å². The van der Waals surface area contributed by atoms with Crippen LogP contribution in [0.15, 0.2) is 18.2 Å². The van der Waals surface area contributed by atoms with Crippen LogP contribution in [0.25, 0.3) is 0 Å². The standard InChI is InChI=1S/C11H14FNO4/c1-11(17,6-14)5-13-10(16)9-7(12)3-2-4-8(9)15/h2-4,14-15,17H,5-6H2,1H3,(H,13,16). The molecule has 1 amide bonds. The molecule has 0 radical (unpaired) electrons. The van der Waals surface area contributed by atoms with Crippen molar-refractivity contribution in [1.82, 2.24) is 5.32 Å². The van der Waals surface area contributed by atoms with Gasteiger partial charge in [0.05, 0.1) is 6.61 Å². The van der Waals surface area contributed by atoms with Gasteiger partial charge in [-0.25, -0.2) is 4.39 Å². The molecule has 1 aromatic carbocycles. The smallest absolute Gasteiger partial charge is 0.258 e. The molecule has 1 aromatic rings. The van der Waals surface area contributed by atoms with Crippen molar-refractivity contribution in [2.24, 2.45) is 0 Å². The van der Waals surface area contributed by atoms with Crippen molar-refractivity contribution >= 4 is 5.91 Å². The van der Waals surface area contributed by atoms with E-state index >= 15 is 0 Å². The highest BCUT2D eigenvalue weighted by Gasteiger charge is 2.22. The highest BCUT2D eigenvalue weighted by molar-refractivity contribution is 5.97. The quantitative estimate of drug-likeness (QED) is 0.599. The minimum absolute atomic E-state index is 0.254. The van der Waals surface area contributed by atoms with Crippen LogP contribution in [0.4, 0.5) is 4.39 Å². The number of phenolic OH excluding ortho intramolecular Hbond substituents is 1. The SMILES string of the molecule is CC(O)(CO)CNC(=O)c1c(O)cccc1F. The molecule has 1 unspecified atom stereocenters. The molecule has 0 heterocycles. The first-order valence-corrected chi connectivity index (χ1v) is 4.96. The van der Waals surface area contributed by atoms with Gasteiger partial charge in [-0.3, -0.25) is 4.79 Å². The van der Waals surface area contributed by atoms with Crippen molar-refractivity contribution < 1.29 is 24.5 Å². The molecule has 0 aliphatic rings. The van der Waals surface area contributed by atoms with Crippen LogP contribution in [0, 0.1) is 5.82 Å². The maximum atomic E-state index is 13.3. The van der Waals surface area contributed by atoms with Gasteiger partial charge >= 0.3 is 0 Å². The van der Waals surface area contributed by atoms with E-state index in [9.17, 15) is 19.4 Å². The predicted octanol–water partition coefficient (Wildman–Crippen LogP) is 0.00440. The van der Waals surface area contributed by atoms with Gasteiger partial charge in [-0.1, -0.05) is 6.07 Å². The molecule has 4 N–H and O–H groups in total. The van der Waals surface area contributed by atoms with Crippen molar-refractivity contribution in [3.8, 4) is 5.75 Å². The Bertz CT molecular complexity index is 400. The Kier molecular flexibility index (Phi) is 4.03. The molecule has 0 aliphatic carbocycles. The lowest BCUT2D eigenvalue weighted by atomic mass is 10.1. The van der Waals surface area contributed by atoms with Crippen molar-refractivity contribution in [3.63, 3.8) is 0 Å². The maximum Gasteiger partial charge on any atom is 0.258 e. The Morgan fingerprint density at radius 1 is 1.53 bits per heavy atom. The summed E-state index contributed by atoms with van der Waals surface area (Å²) in [5.41, 5.74) is -1.97. The normalized spacial score (nSPS) is 14.1. The fourth-order valence-electron chi connectivity index (χ4n) is 1.15. The summed E-state index contributed by atoms with van der Waals surface area (Å²) >= 11 is 0. The fourth-order valence-corrected chi connectivity index (χ4v) is 1.15. The summed E-state index contributed by atoms with van der Waals surface area (Å²) in [4.78, 5) is 11.5. The molecule has 1 rings (SSSR count). The first kappa shape index (κ1) is 13.4. The lowest BCUT2D eigenvalue weighted by Crippen LogP contribution is -2.43. The summed E-state index contributed by atoms with van der Waals surface area (Å²) in [7, 11) is 0. The second-order valence-electron chi connectivity index (χ2n) is 3.97. The van der Waals surface area contributed by atoms with Crippen LogP contribution in [-0.2, 0) is 0 Å². The van der Waals surface area contributed by atoms with Crippen LogP contribution in [-0.4, -0.2) is 40.0 Å². The van der Waals surface area contributed by atoms with Crippen molar-refractivity contribution in [1.29, 1.82) is 0 Å². The fraction of sp³-hybridized carbons (Fsp3) is 0.364. The molecule has 5 nitrogen and oxygen atoms in total. The average molecular weight is 243 g/mol. The van der Waals surface area contributed by atoms with Gasteiger partial charge in [0.15, 0.2) is 0 Å². The van der Waals surface area contributed by atoms with E-state index in [1.807, 2.05) is 0 Å². The Labute approximate surface area is 97.5 Å². The topological polar surface area (TPSA) is 89.8 Å². The van der Waals surface area contributed by atoms with E-state index in [0.717, 1.165) is 6.07 Å². The number of nitrogens with one attached hydrogen (secondary N) is 1. The van der Waals surface area contributed by atoms with Crippen LogP contribution in [0.5, 0.6) is 5.75 Å². The number of hydrogen-bond acceptors (Lipinski definition) is 4. The second-order valence-corrected chi connectivity index (χ2v) is 3.97. The third-order valence-electron chi connectivity index (χ3n) is 2.19. The third kappa shape index (κ3) is 3.40. The van der Waals surface area contributed by atoms with Gasteiger partial charge in [0.25, 0.3) is 5.91 Å². The Hall–Kier alpha value is -1.66. The van der Waals surface area contributed by atoms with E-state index < -0.39 is 35.2 Å². The molecule has 0 bridgehead atoms. The highest BCUT2D eigenvalue weighted by Crippen LogP contribution is 2.19. The van der Waals surface area contributed by atoms with E-state index in [-0.39, 0.29) is 6.54 Å². The number of amides is 1. The molecule has 0 aliphatic heterocycles. The molecule has 0 aromatic heterocycles. The van der Waals surface area contributed by atoms with Gasteiger partial charge in [-0.2, -0.15) is 0 Å². The van der Waals surface area contributed by atoms with E-state index in [1.54, 1.807) is 0 Å². The molecule has 1 atom stereocenters. The first-order chi connectivity index (χ1) is 7.87. The summed E-state index contributed by atoms with van der Waals surface area (Å²) in [6.45, 7) is 0.515. The summed E-state index contributed by atoms with van der Waals surface area (Å²) in [6, 6.07) is 3.49. The molecular weight excluding hydrogens is 229 g/mol. The van der Waals surface area contributed by atoms with E-state index in [0.29, 0.717) is 0 Å². The molecule has 0 spiro atoms.